The van der Waals surface area contributed by atoms with Crippen LogP contribution in [-0.2, 0) is 28.7 Å². The highest BCUT2D eigenvalue weighted by atomic mass is 16.6. The van der Waals surface area contributed by atoms with Gasteiger partial charge in [0.2, 0.25) is 0 Å². The van der Waals surface area contributed by atoms with Crippen molar-refractivity contribution in [2.45, 2.75) is 80.1 Å². The summed E-state index contributed by atoms with van der Waals surface area (Å²) in [5, 5.41) is 0. The zero-order valence-electron chi connectivity index (χ0n) is 19.8. The summed E-state index contributed by atoms with van der Waals surface area (Å²) in [5.74, 6) is -3.28. The van der Waals surface area contributed by atoms with Crippen LogP contribution in [0.4, 0.5) is 0 Å². The van der Waals surface area contributed by atoms with E-state index >= 15 is 0 Å². The minimum atomic E-state index is -0.455. The average molecular weight is 435 g/mol. The molecular formula is C25H38O6. The van der Waals surface area contributed by atoms with Crippen LogP contribution in [0.1, 0.15) is 80.1 Å². The Morgan fingerprint density at radius 3 is 1.71 bits per heavy atom. The van der Waals surface area contributed by atoms with Crippen molar-refractivity contribution < 1.29 is 28.7 Å². The van der Waals surface area contributed by atoms with E-state index in [-0.39, 0.29) is 52.8 Å². The molecule has 0 radical (unpaired) electrons. The van der Waals surface area contributed by atoms with Crippen LogP contribution in [0.15, 0.2) is 0 Å². The number of hydrogen-bond donors (Lipinski definition) is 0. The molecule has 0 spiro atoms. The second-order valence-corrected chi connectivity index (χ2v) is 11.0. The van der Waals surface area contributed by atoms with E-state index in [9.17, 15) is 19.2 Å². The number of cyclic esters (lactones) is 4. The van der Waals surface area contributed by atoms with Crippen LogP contribution in [0.25, 0.3) is 0 Å². The average Bonchev–Trinajstić information content (AvgIpc) is 2.99. The molecule has 7 atom stereocenters. The van der Waals surface area contributed by atoms with Crippen LogP contribution >= 0.6 is 0 Å². The number of carbonyl (C=O) groups excluding carboxylic acids is 4. The maximum Gasteiger partial charge on any atom is 0.316 e. The normalized spacial score (nSPS) is 40.6. The van der Waals surface area contributed by atoms with Crippen molar-refractivity contribution >= 4 is 23.9 Å². The molecule has 31 heavy (non-hydrogen) atoms. The number of ether oxygens (including phenoxy) is 2. The first kappa shape index (κ1) is 23.9. The van der Waals surface area contributed by atoms with Gasteiger partial charge in [0.15, 0.2) is 0 Å². The number of hydrogen-bond acceptors (Lipinski definition) is 6. The van der Waals surface area contributed by atoms with Crippen LogP contribution in [-0.4, -0.2) is 23.9 Å². The molecule has 0 aromatic rings. The highest BCUT2D eigenvalue weighted by Crippen LogP contribution is 2.58. The fourth-order valence-electron chi connectivity index (χ4n) is 6.80. The zero-order chi connectivity index (χ0) is 23.1. The molecule has 6 nitrogen and oxygen atoms in total. The summed E-state index contributed by atoms with van der Waals surface area (Å²) < 4.78 is 10.1. The summed E-state index contributed by atoms with van der Waals surface area (Å²) in [6.45, 7) is 12.1. The van der Waals surface area contributed by atoms with Gasteiger partial charge in [0.25, 0.3) is 0 Å². The molecule has 174 valence electrons. The van der Waals surface area contributed by atoms with Gasteiger partial charge < -0.3 is 9.47 Å². The van der Waals surface area contributed by atoms with E-state index in [1.165, 1.54) is 0 Å². The molecule has 6 heteroatoms. The molecule has 1 aliphatic carbocycles. The van der Waals surface area contributed by atoms with Gasteiger partial charge in [0.1, 0.15) is 0 Å². The third-order valence-corrected chi connectivity index (χ3v) is 8.25. The standard InChI is InChI=1S/C25H38O6/c1-7-8-9-10-16-20(15(4)23(28)31-24(16)29)18-12-25(5,6)11-17(18)19-13(2)21(26)30-22(27)14(19)3/h13-20H,7-12H2,1-6H3. The topological polar surface area (TPSA) is 86.7 Å². The molecule has 3 rings (SSSR count). The Kier molecular flexibility index (Phi) is 6.97. The van der Waals surface area contributed by atoms with E-state index in [1.807, 2.05) is 20.8 Å². The predicted octanol–water partition coefficient (Wildman–Crippen LogP) is 4.54. The third kappa shape index (κ3) is 4.58. The lowest BCUT2D eigenvalue weighted by atomic mass is 9.61. The Morgan fingerprint density at radius 2 is 1.19 bits per heavy atom. The summed E-state index contributed by atoms with van der Waals surface area (Å²) in [4.78, 5) is 50.2. The molecule has 1 saturated carbocycles. The summed E-state index contributed by atoms with van der Waals surface area (Å²) in [5.41, 5.74) is 0.0112. The highest BCUT2D eigenvalue weighted by molar-refractivity contribution is 5.92. The molecule has 0 aromatic carbocycles. The molecule has 7 unspecified atom stereocenters. The van der Waals surface area contributed by atoms with E-state index in [0.717, 1.165) is 38.5 Å². The number of unbranched alkanes of at least 4 members (excludes halogenated alkanes) is 2. The first-order valence-corrected chi connectivity index (χ1v) is 12.0. The van der Waals surface area contributed by atoms with E-state index in [4.69, 9.17) is 9.47 Å². The van der Waals surface area contributed by atoms with Gasteiger partial charge in [-0.2, -0.15) is 0 Å². The zero-order valence-corrected chi connectivity index (χ0v) is 19.8. The Morgan fingerprint density at radius 1 is 0.742 bits per heavy atom. The summed E-state index contributed by atoms with van der Waals surface area (Å²) in [6.07, 6.45) is 5.48. The van der Waals surface area contributed by atoms with Crippen LogP contribution in [0.2, 0.25) is 0 Å². The van der Waals surface area contributed by atoms with E-state index < -0.39 is 23.9 Å². The molecule has 2 heterocycles. The van der Waals surface area contributed by atoms with E-state index in [0.29, 0.717) is 0 Å². The molecule has 3 fully saturated rings. The maximum absolute atomic E-state index is 12.8. The minimum absolute atomic E-state index is 0.0112. The Balaban J connectivity index is 1.98. The van der Waals surface area contributed by atoms with Crippen molar-refractivity contribution in [1.29, 1.82) is 0 Å². The Hall–Kier alpha value is -1.72. The lowest BCUT2D eigenvalue weighted by Gasteiger charge is -2.44. The van der Waals surface area contributed by atoms with Gasteiger partial charge in [-0.25, -0.2) is 0 Å². The monoisotopic (exact) mass is 434 g/mol. The molecule has 2 aliphatic heterocycles. The van der Waals surface area contributed by atoms with Crippen LogP contribution in [0.3, 0.4) is 0 Å². The Labute approximate surface area is 185 Å². The minimum Gasteiger partial charge on any atom is -0.393 e. The van der Waals surface area contributed by atoms with Crippen molar-refractivity contribution in [3.8, 4) is 0 Å². The van der Waals surface area contributed by atoms with Gasteiger partial charge in [0, 0.05) is 0 Å². The summed E-state index contributed by atoms with van der Waals surface area (Å²) >= 11 is 0. The van der Waals surface area contributed by atoms with Gasteiger partial charge in [-0.3, -0.25) is 19.2 Å². The van der Waals surface area contributed by atoms with Gasteiger partial charge in [-0.15, -0.1) is 0 Å². The first-order valence-electron chi connectivity index (χ1n) is 12.0. The predicted molar refractivity (Wildman–Crippen MR) is 114 cm³/mol. The van der Waals surface area contributed by atoms with E-state index in [1.54, 1.807) is 0 Å². The third-order valence-electron chi connectivity index (χ3n) is 8.25. The number of rotatable bonds is 6. The fraction of sp³-hybridized carbons (Fsp3) is 0.840. The number of carbonyl (C=O) groups is 4. The van der Waals surface area contributed by atoms with E-state index in [2.05, 4.69) is 20.8 Å². The van der Waals surface area contributed by atoms with Crippen molar-refractivity contribution in [2.75, 3.05) is 0 Å². The van der Waals surface area contributed by atoms with Gasteiger partial charge in [-0.1, -0.05) is 60.8 Å². The van der Waals surface area contributed by atoms with Gasteiger partial charge in [0.05, 0.1) is 23.7 Å². The Bertz CT molecular complexity index is 720. The van der Waals surface area contributed by atoms with Crippen molar-refractivity contribution in [1.82, 2.24) is 0 Å². The van der Waals surface area contributed by atoms with Crippen molar-refractivity contribution in [3.63, 3.8) is 0 Å². The quantitative estimate of drug-likeness (QED) is 0.346. The smallest absolute Gasteiger partial charge is 0.316 e. The van der Waals surface area contributed by atoms with Crippen molar-refractivity contribution in [3.05, 3.63) is 0 Å². The molecule has 0 bridgehead atoms. The SMILES string of the molecule is CCCCCC1C(=O)OC(=O)C(C)C1C1CC(C)(C)CC1C1C(C)C(=O)OC(=O)C1C. The lowest BCUT2D eigenvalue weighted by Crippen LogP contribution is -2.49. The lowest BCUT2D eigenvalue weighted by molar-refractivity contribution is -0.184. The van der Waals surface area contributed by atoms with Crippen LogP contribution < -0.4 is 0 Å². The number of esters is 4. The summed E-state index contributed by atoms with van der Waals surface area (Å²) in [7, 11) is 0. The molecule has 3 aliphatic rings. The molecule has 0 aromatic heterocycles. The van der Waals surface area contributed by atoms with Gasteiger partial charge in [-0.05, 0) is 48.3 Å². The molecule has 0 amide bonds. The first-order chi connectivity index (χ1) is 14.5. The molecular weight excluding hydrogens is 396 g/mol. The van der Waals surface area contributed by atoms with Crippen LogP contribution in [0.5, 0.6) is 0 Å². The molecule has 2 saturated heterocycles. The van der Waals surface area contributed by atoms with Crippen LogP contribution in [0, 0.1) is 52.8 Å². The van der Waals surface area contributed by atoms with Gasteiger partial charge >= 0.3 is 23.9 Å². The largest absolute Gasteiger partial charge is 0.393 e. The fourth-order valence-corrected chi connectivity index (χ4v) is 6.80. The second kappa shape index (κ2) is 9.03. The molecule has 0 N–H and O–H groups in total. The van der Waals surface area contributed by atoms with Crippen molar-refractivity contribution in [2.24, 2.45) is 52.8 Å². The second-order valence-electron chi connectivity index (χ2n) is 11.0. The highest BCUT2D eigenvalue weighted by Gasteiger charge is 2.57. The summed E-state index contributed by atoms with van der Waals surface area (Å²) in [6, 6.07) is 0. The maximum atomic E-state index is 12.8.